The molecule has 6 heteroatoms. The average molecular weight is 454 g/mol. The van der Waals surface area contributed by atoms with E-state index in [0.717, 1.165) is 43.4 Å². The van der Waals surface area contributed by atoms with Crippen LogP contribution in [-0.2, 0) is 14.9 Å². The molecule has 0 spiro atoms. The van der Waals surface area contributed by atoms with Gasteiger partial charge in [0, 0.05) is 5.69 Å². The monoisotopic (exact) mass is 453 g/mol. The van der Waals surface area contributed by atoms with E-state index in [0.29, 0.717) is 29.5 Å². The van der Waals surface area contributed by atoms with E-state index in [9.17, 15) is 9.59 Å². The van der Waals surface area contributed by atoms with Crippen LogP contribution in [0.4, 0.5) is 5.69 Å². The van der Waals surface area contributed by atoms with Crippen LogP contribution in [0.5, 0.6) is 11.5 Å². The first kappa shape index (κ1) is 24.6. The van der Waals surface area contributed by atoms with Gasteiger partial charge in [-0.3, -0.25) is 4.79 Å². The fourth-order valence-electron chi connectivity index (χ4n) is 4.32. The SMILES string of the molecule is CCOC(=O)c1cc(NC(=O)C2(c3ccc(OC)cc3)CCCCC2)ccc1OCC(C)C. The third kappa shape index (κ3) is 5.86. The van der Waals surface area contributed by atoms with Crippen molar-refractivity contribution in [2.75, 3.05) is 25.6 Å². The van der Waals surface area contributed by atoms with Crippen LogP contribution in [0.1, 0.15) is 68.8 Å². The molecule has 0 bridgehead atoms. The minimum atomic E-state index is -0.610. The molecule has 178 valence electrons. The smallest absolute Gasteiger partial charge is 0.341 e. The van der Waals surface area contributed by atoms with Crippen LogP contribution < -0.4 is 14.8 Å². The number of anilines is 1. The molecule has 33 heavy (non-hydrogen) atoms. The van der Waals surface area contributed by atoms with E-state index in [2.05, 4.69) is 5.32 Å². The van der Waals surface area contributed by atoms with Gasteiger partial charge in [-0.25, -0.2) is 4.79 Å². The van der Waals surface area contributed by atoms with Crippen LogP contribution >= 0.6 is 0 Å². The Hall–Kier alpha value is -3.02. The Morgan fingerprint density at radius 3 is 2.33 bits per heavy atom. The van der Waals surface area contributed by atoms with Crippen LogP contribution in [0, 0.1) is 5.92 Å². The number of hydrogen-bond donors (Lipinski definition) is 1. The number of amides is 1. The molecule has 0 saturated heterocycles. The summed E-state index contributed by atoms with van der Waals surface area (Å²) in [5.74, 6) is 1.02. The highest BCUT2D eigenvalue weighted by atomic mass is 16.5. The van der Waals surface area contributed by atoms with Crippen LogP contribution in [0.2, 0.25) is 0 Å². The zero-order chi connectivity index (χ0) is 23.8. The summed E-state index contributed by atoms with van der Waals surface area (Å²) in [4.78, 5) is 26.2. The Kier molecular flexibility index (Phi) is 8.37. The Labute approximate surface area is 196 Å². The van der Waals surface area contributed by atoms with E-state index in [1.165, 1.54) is 0 Å². The van der Waals surface area contributed by atoms with Gasteiger partial charge < -0.3 is 19.5 Å². The molecule has 6 nitrogen and oxygen atoms in total. The van der Waals surface area contributed by atoms with Gasteiger partial charge in [-0.1, -0.05) is 45.2 Å². The standard InChI is InChI=1S/C27H35NO5/c1-5-32-25(29)23-17-21(11-14-24(23)33-18-19(2)3)28-26(30)27(15-7-6-8-16-27)20-9-12-22(31-4)13-10-20/h9-14,17,19H,5-8,15-16,18H2,1-4H3,(H,28,30). The maximum Gasteiger partial charge on any atom is 0.341 e. The van der Waals surface area contributed by atoms with E-state index in [1.54, 1.807) is 32.2 Å². The van der Waals surface area contributed by atoms with Crippen molar-refractivity contribution < 1.29 is 23.8 Å². The highest BCUT2D eigenvalue weighted by Crippen LogP contribution is 2.41. The van der Waals surface area contributed by atoms with Crippen molar-refractivity contribution in [2.24, 2.45) is 5.92 Å². The first-order valence-electron chi connectivity index (χ1n) is 11.8. The summed E-state index contributed by atoms with van der Waals surface area (Å²) in [5, 5.41) is 3.08. The fourth-order valence-corrected chi connectivity index (χ4v) is 4.32. The summed E-state index contributed by atoms with van der Waals surface area (Å²) in [6.07, 6.45) is 4.68. The third-order valence-corrected chi connectivity index (χ3v) is 6.09. The largest absolute Gasteiger partial charge is 0.497 e. The minimum absolute atomic E-state index is 0.0574. The summed E-state index contributed by atoms with van der Waals surface area (Å²) in [5.41, 5.74) is 1.25. The Bertz CT molecular complexity index is 945. The molecule has 1 aliphatic carbocycles. The second-order valence-corrected chi connectivity index (χ2v) is 8.96. The van der Waals surface area contributed by atoms with Gasteiger partial charge in [0.1, 0.15) is 17.1 Å². The quantitative estimate of drug-likeness (QED) is 0.490. The van der Waals surface area contributed by atoms with Crippen molar-refractivity contribution in [2.45, 2.75) is 58.3 Å². The lowest BCUT2D eigenvalue weighted by atomic mass is 9.68. The number of carbonyl (C=O) groups is 2. The van der Waals surface area contributed by atoms with Gasteiger partial charge in [-0.15, -0.1) is 0 Å². The normalized spacial score (nSPS) is 15.1. The molecular weight excluding hydrogens is 418 g/mol. The molecule has 3 rings (SSSR count). The number of nitrogens with one attached hydrogen (secondary N) is 1. The second-order valence-electron chi connectivity index (χ2n) is 8.96. The number of methoxy groups -OCH3 is 1. The molecule has 0 atom stereocenters. The van der Waals surface area contributed by atoms with Crippen molar-refractivity contribution >= 4 is 17.6 Å². The Morgan fingerprint density at radius 1 is 1.03 bits per heavy atom. The summed E-state index contributed by atoms with van der Waals surface area (Å²) in [6.45, 7) is 6.60. The second kappa shape index (κ2) is 11.2. The lowest BCUT2D eigenvalue weighted by Gasteiger charge is -2.36. The molecule has 0 heterocycles. The molecule has 2 aromatic rings. The van der Waals surface area contributed by atoms with Gasteiger partial charge in [0.05, 0.1) is 25.7 Å². The molecular formula is C27H35NO5. The lowest BCUT2D eigenvalue weighted by molar-refractivity contribution is -0.122. The average Bonchev–Trinajstić information content (AvgIpc) is 2.83. The van der Waals surface area contributed by atoms with E-state index >= 15 is 0 Å². The first-order chi connectivity index (χ1) is 15.9. The topological polar surface area (TPSA) is 73.9 Å². The number of rotatable bonds is 9. The van der Waals surface area contributed by atoms with Crippen LogP contribution in [0.15, 0.2) is 42.5 Å². The van der Waals surface area contributed by atoms with Gasteiger partial charge in [0.25, 0.3) is 0 Å². The number of carbonyl (C=O) groups excluding carboxylic acids is 2. The molecule has 2 aromatic carbocycles. The number of ether oxygens (including phenoxy) is 3. The highest BCUT2D eigenvalue weighted by molar-refractivity contribution is 6.01. The molecule has 0 aliphatic heterocycles. The predicted octanol–water partition coefficient (Wildman–Crippen LogP) is 5.75. The van der Waals surface area contributed by atoms with Crippen molar-refractivity contribution in [1.82, 2.24) is 0 Å². The molecule has 0 radical (unpaired) electrons. The van der Waals surface area contributed by atoms with Crippen molar-refractivity contribution in [1.29, 1.82) is 0 Å². The lowest BCUT2D eigenvalue weighted by Crippen LogP contribution is -2.42. The van der Waals surface area contributed by atoms with E-state index in [4.69, 9.17) is 14.2 Å². The number of benzene rings is 2. The highest BCUT2D eigenvalue weighted by Gasteiger charge is 2.41. The number of hydrogen-bond acceptors (Lipinski definition) is 5. The minimum Gasteiger partial charge on any atom is -0.497 e. The van der Waals surface area contributed by atoms with Gasteiger partial charge >= 0.3 is 5.97 Å². The van der Waals surface area contributed by atoms with Crippen molar-refractivity contribution in [3.05, 3.63) is 53.6 Å². The zero-order valence-corrected chi connectivity index (χ0v) is 20.1. The van der Waals surface area contributed by atoms with E-state index in [1.807, 2.05) is 38.1 Å². The van der Waals surface area contributed by atoms with Gasteiger partial charge in [0.2, 0.25) is 5.91 Å². The summed E-state index contributed by atoms with van der Waals surface area (Å²) < 4.78 is 16.3. The third-order valence-electron chi connectivity index (χ3n) is 6.09. The summed E-state index contributed by atoms with van der Waals surface area (Å²) in [6, 6.07) is 12.9. The predicted molar refractivity (Wildman–Crippen MR) is 129 cm³/mol. The van der Waals surface area contributed by atoms with Gasteiger partial charge in [0.15, 0.2) is 0 Å². The molecule has 0 unspecified atom stereocenters. The van der Waals surface area contributed by atoms with Crippen molar-refractivity contribution in [3.63, 3.8) is 0 Å². The first-order valence-corrected chi connectivity index (χ1v) is 11.8. The van der Waals surface area contributed by atoms with Crippen LogP contribution in [-0.4, -0.2) is 32.2 Å². The van der Waals surface area contributed by atoms with Gasteiger partial charge in [-0.05, 0) is 61.6 Å². The molecule has 1 N–H and O–H groups in total. The van der Waals surface area contributed by atoms with Crippen LogP contribution in [0.25, 0.3) is 0 Å². The molecule has 0 aromatic heterocycles. The number of esters is 1. The molecule has 1 amide bonds. The molecule has 1 saturated carbocycles. The summed E-state index contributed by atoms with van der Waals surface area (Å²) >= 11 is 0. The maximum atomic E-state index is 13.7. The molecule has 1 aliphatic rings. The van der Waals surface area contributed by atoms with Crippen molar-refractivity contribution in [3.8, 4) is 11.5 Å². The Balaban J connectivity index is 1.89. The fraction of sp³-hybridized carbons (Fsp3) is 0.481. The van der Waals surface area contributed by atoms with E-state index < -0.39 is 11.4 Å². The summed E-state index contributed by atoms with van der Waals surface area (Å²) in [7, 11) is 1.63. The zero-order valence-electron chi connectivity index (χ0n) is 20.1. The van der Waals surface area contributed by atoms with Gasteiger partial charge in [-0.2, -0.15) is 0 Å². The maximum absolute atomic E-state index is 13.7. The van der Waals surface area contributed by atoms with Crippen LogP contribution in [0.3, 0.4) is 0 Å². The van der Waals surface area contributed by atoms with E-state index in [-0.39, 0.29) is 12.5 Å². The Morgan fingerprint density at radius 2 is 1.73 bits per heavy atom. The molecule has 1 fully saturated rings.